The summed E-state index contributed by atoms with van der Waals surface area (Å²) in [6.07, 6.45) is 2.25. The summed E-state index contributed by atoms with van der Waals surface area (Å²) < 4.78 is 5.21. The Morgan fingerprint density at radius 3 is 2.68 bits per heavy atom. The van der Waals surface area contributed by atoms with E-state index in [1.54, 1.807) is 7.11 Å². The lowest BCUT2D eigenvalue weighted by Gasteiger charge is -2.14. The molecular weight excluding hydrogens is 312 g/mol. The van der Waals surface area contributed by atoms with Crippen molar-refractivity contribution in [2.45, 2.75) is 33.1 Å². The Hall–Kier alpha value is -2.49. The number of rotatable bonds is 9. The van der Waals surface area contributed by atoms with E-state index >= 15 is 0 Å². The minimum absolute atomic E-state index is 0.0713. The molecule has 0 aromatic heterocycles. The van der Waals surface area contributed by atoms with Crippen molar-refractivity contribution in [3.8, 4) is 5.75 Å². The molecule has 0 radical (unpaired) electrons. The monoisotopic (exact) mass is 340 g/mol. The first-order chi connectivity index (χ1) is 12.1. The van der Waals surface area contributed by atoms with E-state index in [1.165, 1.54) is 11.1 Å². The number of carbonyl (C=O) groups excluding carboxylic acids is 1. The quantitative estimate of drug-likeness (QED) is 0.731. The van der Waals surface area contributed by atoms with Crippen LogP contribution in [0.2, 0.25) is 0 Å². The van der Waals surface area contributed by atoms with Crippen LogP contribution in [0, 0.1) is 6.92 Å². The van der Waals surface area contributed by atoms with Crippen LogP contribution in [-0.2, 0) is 17.6 Å². The van der Waals surface area contributed by atoms with E-state index in [-0.39, 0.29) is 5.91 Å². The molecule has 0 bridgehead atoms. The van der Waals surface area contributed by atoms with Gasteiger partial charge in [0.2, 0.25) is 5.91 Å². The summed E-state index contributed by atoms with van der Waals surface area (Å²) in [5, 5.41) is 6.39. The lowest BCUT2D eigenvalue weighted by atomic mass is 10.1. The molecule has 0 saturated heterocycles. The van der Waals surface area contributed by atoms with E-state index in [0.29, 0.717) is 19.5 Å². The highest BCUT2D eigenvalue weighted by Gasteiger charge is 2.05. The molecule has 2 aromatic rings. The zero-order valence-electron chi connectivity index (χ0n) is 15.4. The number of hydrogen-bond donors (Lipinski definition) is 2. The van der Waals surface area contributed by atoms with Gasteiger partial charge in [0.05, 0.1) is 7.11 Å². The van der Waals surface area contributed by atoms with Crippen LogP contribution in [0.1, 0.15) is 30.0 Å². The van der Waals surface area contributed by atoms with E-state index in [0.717, 1.165) is 29.8 Å². The first-order valence-electron chi connectivity index (χ1n) is 8.86. The van der Waals surface area contributed by atoms with E-state index in [9.17, 15) is 4.79 Å². The van der Waals surface area contributed by atoms with Gasteiger partial charge in [-0.05, 0) is 48.6 Å². The fraction of sp³-hybridized carbons (Fsp3) is 0.381. The van der Waals surface area contributed by atoms with Gasteiger partial charge in [-0.3, -0.25) is 4.79 Å². The van der Waals surface area contributed by atoms with Crippen LogP contribution >= 0.6 is 0 Å². The summed E-state index contributed by atoms with van der Waals surface area (Å²) in [6, 6.07) is 14.2. The summed E-state index contributed by atoms with van der Waals surface area (Å²) in [6.45, 7) is 5.51. The van der Waals surface area contributed by atoms with Crippen molar-refractivity contribution in [3.05, 3.63) is 59.2 Å². The largest absolute Gasteiger partial charge is 0.497 e. The van der Waals surface area contributed by atoms with Crippen LogP contribution in [-0.4, -0.2) is 26.1 Å². The van der Waals surface area contributed by atoms with Gasteiger partial charge in [-0.1, -0.05) is 37.3 Å². The zero-order chi connectivity index (χ0) is 18.1. The summed E-state index contributed by atoms with van der Waals surface area (Å²) in [7, 11) is 1.66. The number of para-hydroxylation sites is 1. The third-order valence-corrected chi connectivity index (χ3v) is 4.26. The summed E-state index contributed by atoms with van der Waals surface area (Å²) in [4.78, 5) is 12.0. The normalized spacial score (nSPS) is 10.4. The Balaban J connectivity index is 1.72. The predicted octanol–water partition coefficient (Wildman–Crippen LogP) is 3.73. The fourth-order valence-electron chi connectivity index (χ4n) is 2.84. The average Bonchev–Trinajstić information content (AvgIpc) is 2.63. The molecule has 1 amide bonds. The molecule has 0 aliphatic carbocycles. The molecule has 4 heteroatoms. The number of nitrogens with one attached hydrogen (secondary N) is 2. The van der Waals surface area contributed by atoms with Gasteiger partial charge in [-0.15, -0.1) is 0 Å². The molecular formula is C21H28N2O2. The first kappa shape index (κ1) is 18.8. The topological polar surface area (TPSA) is 50.4 Å². The SMILES string of the molecule is CCc1cccc(C)c1NCCC(=O)NCCc1cccc(OC)c1. The molecule has 0 aliphatic heterocycles. The lowest BCUT2D eigenvalue weighted by molar-refractivity contribution is -0.120. The molecule has 0 heterocycles. The number of carbonyl (C=O) groups is 1. The Bertz CT molecular complexity index is 698. The number of ether oxygens (including phenoxy) is 1. The van der Waals surface area contributed by atoms with Crippen LogP contribution < -0.4 is 15.4 Å². The zero-order valence-corrected chi connectivity index (χ0v) is 15.4. The van der Waals surface area contributed by atoms with E-state index in [1.807, 2.05) is 24.3 Å². The fourth-order valence-corrected chi connectivity index (χ4v) is 2.84. The standard InChI is InChI=1S/C21H28N2O2/c1-4-18-9-5-7-16(2)21(18)23-14-12-20(24)22-13-11-17-8-6-10-19(15-17)25-3/h5-10,15,23H,4,11-14H2,1-3H3,(H,22,24). The third-order valence-electron chi connectivity index (χ3n) is 4.26. The molecule has 0 aliphatic rings. The summed E-state index contributed by atoms with van der Waals surface area (Å²) >= 11 is 0. The number of amides is 1. The predicted molar refractivity (Wildman–Crippen MR) is 103 cm³/mol. The minimum atomic E-state index is 0.0713. The number of anilines is 1. The number of hydrogen-bond acceptors (Lipinski definition) is 3. The summed E-state index contributed by atoms with van der Waals surface area (Å²) in [5.41, 5.74) is 4.83. The van der Waals surface area contributed by atoms with Crippen molar-refractivity contribution in [1.82, 2.24) is 5.32 Å². The highest BCUT2D eigenvalue weighted by molar-refractivity contribution is 5.76. The Morgan fingerprint density at radius 1 is 1.12 bits per heavy atom. The Morgan fingerprint density at radius 2 is 1.92 bits per heavy atom. The van der Waals surface area contributed by atoms with Crippen LogP contribution in [0.4, 0.5) is 5.69 Å². The van der Waals surface area contributed by atoms with Gasteiger partial charge in [0, 0.05) is 25.2 Å². The third kappa shape index (κ3) is 5.82. The second-order valence-electron chi connectivity index (χ2n) is 6.09. The highest BCUT2D eigenvalue weighted by atomic mass is 16.5. The second-order valence-corrected chi connectivity index (χ2v) is 6.09. The van der Waals surface area contributed by atoms with Gasteiger partial charge < -0.3 is 15.4 Å². The number of methoxy groups -OCH3 is 1. The first-order valence-corrected chi connectivity index (χ1v) is 8.86. The molecule has 2 rings (SSSR count). The van der Waals surface area contributed by atoms with Crippen LogP contribution in [0.5, 0.6) is 5.75 Å². The highest BCUT2D eigenvalue weighted by Crippen LogP contribution is 2.20. The minimum Gasteiger partial charge on any atom is -0.497 e. The Labute approximate surface area is 150 Å². The summed E-state index contributed by atoms with van der Waals surface area (Å²) in [5.74, 6) is 0.917. The van der Waals surface area contributed by atoms with Gasteiger partial charge in [0.1, 0.15) is 5.75 Å². The molecule has 25 heavy (non-hydrogen) atoms. The van der Waals surface area contributed by atoms with Gasteiger partial charge >= 0.3 is 0 Å². The van der Waals surface area contributed by atoms with E-state index in [2.05, 4.69) is 42.7 Å². The lowest BCUT2D eigenvalue weighted by Crippen LogP contribution is -2.27. The molecule has 0 unspecified atom stereocenters. The Kier molecular flexibility index (Phi) is 7.33. The van der Waals surface area contributed by atoms with Crippen molar-refractivity contribution < 1.29 is 9.53 Å². The molecule has 2 aromatic carbocycles. The average molecular weight is 340 g/mol. The van der Waals surface area contributed by atoms with Crippen molar-refractivity contribution in [2.24, 2.45) is 0 Å². The van der Waals surface area contributed by atoms with Crippen molar-refractivity contribution in [2.75, 3.05) is 25.5 Å². The van der Waals surface area contributed by atoms with Crippen molar-refractivity contribution in [1.29, 1.82) is 0 Å². The molecule has 0 saturated carbocycles. The van der Waals surface area contributed by atoms with Crippen LogP contribution in [0.15, 0.2) is 42.5 Å². The van der Waals surface area contributed by atoms with Gasteiger partial charge in [-0.25, -0.2) is 0 Å². The van der Waals surface area contributed by atoms with E-state index < -0.39 is 0 Å². The maximum absolute atomic E-state index is 12.0. The smallest absolute Gasteiger partial charge is 0.221 e. The number of benzene rings is 2. The molecule has 4 nitrogen and oxygen atoms in total. The van der Waals surface area contributed by atoms with Crippen molar-refractivity contribution >= 4 is 11.6 Å². The van der Waals surface area contributed by atoms with Gasteiger partial charge in [0.15, 0.2) is 0 Å². The molecule has 0 fully saturated rings. The molecule has 2 N–H and O–H groups in total. The second kappa shape index (κ2) is 9.72. The van der Waals surface area contributed by atoms with Crippen LogP contribution in [0.25, 0.3) is 0 Å². The molecule has 0 atom stereocenters. The van der Waals surface area contributed by atoms with Crippen molar-refractivity contribution in [3.63, 3.8) is 0 Å². The maximum atomic E-state index is 12.0. The maximum Gasteiger partial charge on any atom is 0.221 e. The van der Waals surface area contributed by atoms with E-state index in [4.69, 9.17) is 4.74 Å². The van der Waals surface area contributed by atoms with Gasteiger partial charge in [-0.2, -0.15) is 0 Å². The van der Waals surface area contributed by atoms with Crippen LogP contribution in [0.3, 0.4) is 0 Å². The van der Waals surface area contributed by atoms with Gasteiger partial charge in [0.25, 0.3) is 0 Å². The number of aryl methyl sites for hydroxylation is 2. The molecule has 134 valence electrons. The molecule has 0 spiro atoms.